The van der Waals surface area contributed by atoms with Crippen molar-refractivity contribution in [2.24, 2.45) is 4.99 Å². The van der Waals surface area contributed by atoms with Crippen LogP contribution in [0.4, 0.5) is 0 Å². The standard InChI is InChI=1S/C18H20N2/c1-5-9-15-17(6-2)20(8-4)18(19-7-3)16-13-11-10-12-14-16/h5-15H,1,3-4H2,2H3/b15-9-,17-6+,19-18?. The summed E-state index contributed by atoms with van der Waals surface area (Å²) in [6.07, 6.45) is 10.8. The van der Waals surface area contributed by atoms with Crippen LogP contribution in [0.1, 0.15) is 12.5 Å². The van der Waals surface area contributed by atoms with Crippen LogP contribution in [-0.4, -0.2) is 10.7 Å². The van der Waals surface area contributed by atoms with E-state index in [0.29, 0.717) is 0 Å². The molecule has 0 unspecified atom stereocenters. The third-order valence-electron chi connectivity index (χ3n) is 2.63. The highest BCUT2D eigenvalue weighted by Crippen LogP contribution is 2.14. The van der Waals surface area contributed by atoms with E-state index >= 15 is 0 Å². The summed E-state index contributed by atoms with van der Waals surface area (Å²) >= 11 is 0. The van der Waals surface area contributed by atoms with Crippen molar-refractivity contribution in [3.63, 3.8) is 0 Å². The van der Waals surface area contributed by atoms with Gasteiger partial charge in [-0.2, -0.15) is 0 Å². The minimum atomic E-state index is 0.775. The zero-order chi connectivity index (χ0) is 14.8. The molecule has 0 heterocycles. The molecule has 0 aromatic heterocycles. The van der Waals surface area contributed by atoms with Crippen LogP contribution in [0.15, 0.2) is 97.5 Å². The first-order chi connectivity index (χ1) is 9.78. The van der Waals surface area contributed by atoms with E-state index in [4.69, 9.17) is 0 Å². The molecule has 1 aromatic rings. The second-order valence-corrected chi connectivity index (χ2v) is 3.86. The lowest BCUT2D eigenvalue weighted by Crippen LogP contribution is -2.25. The predicted octanol–water partition coefficient (Wildman–Crippen LogP) is 4.67. The number of allylic oxidation sites excluding steroid dienone is 4. The molecule has 2 heteroatoms. The lowest BCUT2D eigenvalue weighted by molar-refractivity contribution is 0.714. The third kappa shape index (κ3) is 3.95. The molecule has 0 radical (unpaired) electrons. The van der Waals surface area contributed by atoms with Crippen molar-refractivity contribution >= 4 is 5.84 Å². The zero-order valence-corrected chi connectivity index (χ0v) is 11.9. The number of amidine groups is 1. The highest BCUT2D eigenvalue weighted by Gasteiger charge is 2.12. The Morgan fingerprint density at radius 2 is 1.85 bits per heavy atom. The summed E-state index contributed by atoms with van der Waals surface area (Å²) in [6.45, 7) is 13.2. The van der Waals surface area contributed by atoms with Crippen LogP contribution >= 0.6 is 0 Å². The summed E-state index contributed by atoms with van der Waals surface area (Å²) in [4.78, 5) is 6.29. The number of benzene rings is 1. The first-order valence-corrected chi connectivity index (χ1v) is 6.39. The Balaban J connectivity index is 3.27. The summed E-state index contributed by atoms with van der Waals surface area (Å²) in [5, 5.41) is 0. The molecule has 0 aliphatic carbocycles. The van der Waals surface area contributed by atoms with Crippen LogP contribution in [0.5, 0.6) is 0 Å². The maximum atomic E-state index is 4.38. The minimum absolute atomic E-state index is 0.775. The molecule has 1 aromatic carbocycles. The fourth-order valence-corrected chi connectivity index (χ4v) is 1.75. The molecule has 0 aliphatic rings. The van der Waals surface area contributed by atoms with Gasteiger partial charge in [0.1, 0.15) is 5.84 Å². The average molecular weight is 264 g/mol. The summed E-state index contributed by atoms with van der Waals surface area (Å²) in [5.74, 6) is 0.775. The lowest BCUT2D eigenvalue weighted by atomic mass is 10.1. The molecular weight excluding hydrogens is 244 g/mol. The number of hydrogen-bond acceptors (Lipinski definition) is 1. The van der Waals surface area contributed by atoms with Gasteiger partial charge in [0.25, 0.3) is 0 Å². The summed E-state index contributed by atoms with van der Waals surface area (Å²) in [7, 11) is 0. The monoisotopic (exact) mass is 264 g/mol. The van der Waals surface area contributed by atoms with Crippen LogP contribution in [-0.2, 0) is 0 Å². The van der Waals surface area contributed by atoms with Crippen molar-refractivity contribution in [1.29, 1.82) is 0 Å². The van der Waals surface area contributed by atoms with Gasteiger partial charge in [0.15, 0.2) is 0 Å². The van der Waals surface area contributed by atoms with E-state index in [0.717, 1.165) is 17.1 Å². The molecule has 0 aliphatic heterocycles. The Morgan fingerprint density at radius 1 is 1.15 bits per heavy atom. The summed E-state index contributed by atoms with van der Waals surface area (Å²) in [6, 6.07) is 9.93. The molecule has 102 valence electrons. The Bertz CT molecular complexity index is 548. The third-order valence-corrected chi connectivity index (χ3v) is 2.63. The molecule has 20 heavy (non-hydrogen) atoms. The molecular formula is C18H20N2. The molecule has 0 atom stereocenters. The fourth-order valence-electron chi connectivity index (χ4n) is 1.75. The number of nitrogens with zero attached hydrogens (tertiary/aromatic N) is 2. The zero-order valence-electron chi connectivity index (χ0n) is 11.9. The second kappa shape index (κ2) is 8.48. The highest BCUT2D eigenvalue weighted by molar-refractivity contribution is 6.01. The average Bonchev–Trinajstić information content (AvgIpc) is 2.50. The van der Waals surface area contributed by atoms with E-state index in [2.05, 4.69) is 24.7 Å². The lowest BCUT2D eigenvalue weighted by Gasteiger charge is -2.23. The highest BCUT2D eigenvalue weighted by atomic mass is 15.2. The van der Waals surface area contributed by atoms with Crippen molar-refractivity contribution in [1.82, 2.24) is 4.90 Å². The van der Waals surface area contributed by atoms with Crippen molar-refractivity contribution in [3.8, 4) is 0 Å². The van der Waals surface area contributed by atoms with Gasteiger partial charge in [-0.05, 0) is 13.0 Å². The van der Waals surface area contributed by atoms with Gasteiger partial charge >= 0.3 is 0 Å². The molecule has 0 saturated carbocycles. The van der Waals surface area contributed by atoms with Crippen molar-refractivity contribution in [3.05, 3.63) is 98.0 Å². The van der Waals surface area contributed by atoms with E-state index in [1.807, 2.05) is 60.4 Å². The predicted molar refractivity (Wildman–Crippen MR) is 88.3 cm³/mol. The molecule has 0 saturated heterocycles. The second-order valence-electron chi connectivity index (χ2n) is 3.86. The Labute approximate surface area is 121 Å². The maximum Gasteiger partial charge on any atom is 0.144 e. The maximum absolute atomic E-state index is 4.38. The van der Waals surface area contributed by atoms with Crippen LogP contribution in [0.25, 0.3) is 0 Å². The number of aliphatic imine (C=N–C) groups is 1. The van der Waals surface area contributed by atoms with Gasteiger partial charge < -0.3 is 4.90 Å². The molecule has 0 N–H and O–H groups in total. The van der Waals surface area contributed by atoms with Crippen molar-refractivity contribution in [2.75, 3.05) is 0 Å². The van der Waals surface area contributed by atoms with Gasteiger partial charge in [0.05, 0.1) is 0 Å². The Hall–Kier alpha value is -2.61. The number of rotatable bonds is 6. The largest absolute Gasteiger partial charge is 0.302 e. The van der Waals surface area contributed by atoms with Gasteiger partial charge in [-0.3, -0.25) is 0 Å². The van der Waals surface area contributed by atoms with Gasteiger partial charge in [0, 0.05) is 23.7 Å². The Kier molecular flexibility index (Phi) is 6.55. The Morgan fingerprint density at radius 3 is 2.35 bits per heavy atom. The van der Waals surface area contributed by atoms with Gasteiger partial charge in [-0.1, -0.05) is 68.3 Å². The minimum Gasteiger partial charge on any atom is -0.302 e. The van der Waals surface area contributed by atoms with Crippen LogP contribution < -0.4 is 0 Å². The smallest absolute Gasteiger partial charge is 0.144 e. The van der Waals surface area contributed by atoms with Gasteiger partial charge in [0.2, 0.25) is 0 Å². The quantitative estimate of drug-likeness (QED) is 0.414. The van der Waals surface area contributed by atoms with E-state index in [1.54, 1.807) is 12.3 Å². The fraction of sp³-hybridized carbons (Fsp3) is 0.0556. The molecule has 0 bridgehead atoms. The topological polar surface area (TPSA) is 15.6 Å². The summed E-state index contributed by atoms with van der Waals surface area (Å²) < 4.78 is 0. The molecule has 2 nitrogen and oxygen atoms in total. The van der Waals surface area contributed by atoms with Gasteiger partial charge in [-0.25, -0.2) is 4.99 Å². The molecule has 0 spiro atoms. The first-order valence-electron chi connectivity index (χ1n) is 6.39. The van der Waals surface area contributed by atoms with Gasteiger partial charge in [-0.15, -0.1) is 0 Å². The van der Waals surface area contributed by atoms with Crippen LogP contribution in [0, 0.1) is 0 Å². The van der Waals surface area contributed by atoms with Crippen LogP contribution in [0.3, 0.4) is 0 Å². The molecule has 0 fully saturated rings. The number of hydrogen-bond donors (Lipinski definition) is 0. The van der Waals surface area contributed by atoms with E-state index in [9.17, 15) is 0 Å². The van der Waals surface area contributed by atoms with Crippen LogP contribution in [0.2, 0.25) is 0 Å². The normalized spacial score (nSPS) is 12.2. The van der Waals surface area contributed by atoms with Crippen molar-refractivity contribution in [2.45, 2.75) is 6.92 Å². The van der Waals surface area contributed by atoms with E-state index in [1.165, 1.54) is 6.20 Å². The molecule has 0 amide bonds. The molecule has 1 rings (SSSR count). The van der Waals surface area contributed by atoms with E-state index in [-0.39, 0.29) is 0 Å². The summed E-state index contributed by atoms with van der Waals surface area (Å²) in [5.41, 5.74) is 1.96. The van der Waals surface area contributed by atoms with E-state index < -0.39 is 0 Å². The first kappa shape index (κ1) is 15.4. The SMILES string of the molecule is C=C/C=C\C(=C/C)N(C=C)C(=NC=C)c1ccccc1. The van der Waals surface area contributed by atoms with Crippen molar-refractivity contribution < 1.29 is 0 Å².